The third-order valence-electron chi connectivity index (χ3n) is 3.08. The van der Waals surface area contributed by atoms with Gasteiger partial charge in [0.1, 0.15) is 5.82 Å². The summed E-state index contributed by atoms with van der Waals surface area (Å²) in [6.07, 6.45) is 0. The number of benzene rings is 1. The molecule has 0 unspecified atom stereocenters. The number of hydrogen-bond acceptors (Lipinski definition) is 7. The number of anilines is 3. The van der Waals surface area contributed by atoms with Crippen LogP contribution in [0.25, 0.3) is 11.2 Å². The molecule has 3 N–H and O–H groups in total. The SMILES string of the molecule is COC[C@H](C)Nc1nc(Nc2ccc(F)cc2)c2n[nH]nc2n1. The average molecular weight is 317 g/mol. The van der Waals surface area contributed by atoms with E-state index in [2.05, 4.69) is 36.0 Å². The molecule has 0 spiro atoms. The molecule has 0 saturated heterocycles. The van der Waals surface area contributed by atoms with Crippen molar-refractivity contribution < 1.29 is 9.13 Å². The molecule has 0 bridgehead atoms. The molecular weight excluding hydrogens is 301 g/mol. The lowest BCUT2D eigenvalue weighted by Gasteiger charge is -2.13. The van der Waals surface area contributed by atoms with Gasteiger partial charge in [0.25, 0.3) is 0 Å². The molecular formula is C14H16FN7O. The van der Waals surface area contributed by atoms with Crippen LogP contribution < -0.4 is 10.6 Å². The molecule has 9 heteroatoms. The maximum Gasteiger partial charge on any atom is 0.227 e. The van der Waals surface area contributed by atoms with Gasteiger partial charge in [-0.25, -0.2) is 4.39 Å². The lowest BCUT2D eigenvalue weighted by molar-refractivity contribution is 0.190. The number of aromatic nitrogens is 5. The Morgan fingerprint density at radius 2 is 2.00 bits per heavy atom. The van der Waals surface area contributed by atoms with Crippen molar-refractivity contribution in [2.24, 2.45) is 0 Å². The lowest BCUT2D eigenvalue weighted by Crippen LogP contribution is -2.22. The van der Waals surface area contributed by atoms with Crippen LogP contribution in [0.5, 0.6) is 0 Å². The van der Waals surface area contributed by atoms with E-state index in [4.69, 9.17) is 4.74 Å². The van der Waals surface area contributed by atoms with Gasteiger partial charge in [-0.2, -0.15) is 20.3 Å². The van der Waals surface area contributed by atoms with Crippen molar-refractivity contribution in [2.45, 2.75) is 13.0 Å². The number of methoxy groups -OCH3 is 1. The Morgan fingerprint density at radius 3 is 2.74 bits per heavy atom. The molecule has 3 aromatic rings. The summed E-state index contributed by atoms with van der Waals surface area (Å²) in [5.74, 6) is 0.573. The highest BCUT2D eigenvalue weighted by Crippen LogP contribution is 2.22. The minimum Gasteiger partial charge on any atom is -0.383 e. The van der Waals surface area contributed by atoms with E-state index in [9.17, 15) is 4.39 Å². The molecule has 120 valence electrons. The quantitative estimate of drug-likeness (QED) is 0.640. The van der Waals surface area contributed by atoms with Crippen molar-refractivity contribution in [3.8, 4) is 0 Å². The Hall–Kier alpha value is -2.81. The lowest BCUT2D eigenvalue weighted by atomic mass is 10.3. The van der Waals surface area contributed by atoms with E-state index in [1.165, 1.54) is 12.1 Å². The molecule has 2 aromatic heterocycles. The number of nitrogens with one attached hydrogen (secondary N) is 3. The Labute approximate surface area is 131 Å². The zero-order chi connectivity index (χ0) is 16.2. The van der Waals surface area contributed by atoms with Crippen LogP contribution in [0.2, 0.25) is 0 Å². The molecule has 0 aliphatic rings. The maximum atomic E-state index is 13.0. The molecule has 1 atom stereocenters. The van der Waals surface area contributed by atoms with Crippen LogP contribution in [0.3, 0.4) is 0 Å². The van der Waals surface area contributed by atoms with Crippen LogP contribution in [0, 0.1) is 5.82 Å². The number of H-pyrrole nitrogens is 1. The minimum atomic E-state index is -0.305. The first-order valence-corrected chi connectivity index (χ1v) is 7.02. The fourth-order valence-corrected chi connectivity index (χ4v) is 2.08. The number of fused-ring (bicyclic) bond motifs is 1. The normalized spacial score (nSPS) is 12.3. The van der Waals surface area contributed by atoms with Gasteiger partial charge in [-0.15, -0.1) is 5.10 Å². The standard InChI is InChI=1S/C14H16FN7O/c1-8(7-23-2)16-14-18-12(11-13(19-14)21-22-20-11)17-10-5-3-9(15)4-6-10/h3-6,8H,7H2,1-2H3,(H3,16,17,18,19,20,21,22)/t8-/m0/s1. The number of nitrogens with zero attached hydrogens (tertiary/aromatic N) is 4. The Morgan fingerprint density at radius 1 is 1.22 bits per heavy atom. The first-order valence-electron chi connectivity index (χ1n) is 7.02. The molecule has 0 saturated carbocycles. The largest absolute Gasteiger partial charge is 0.383 e. The molecule has 0 fully saturated rings. The van der Waals surface area contributed by atoms with Gasteiger partial charge in [-0.05, 0) is 31.2 Å². The van der Waals surface area contributed by atoms with E-state index in [1.54, 1.807) is 19.2 Å². The first-order chi connectivity index (χ1) is 11.2. The minimum absolute atomic E-state index is 0.0306. The summed E-state index contributed by atoms with van der Waals surface area (Å²) in [6, 6.07) is 5.99. The van der Waals surface area contributed by atoms with Crippen molar-refractivity contribution in [1.82, 2.24) is 25.4 Å². The Kier molecular flexibility index (Phi) is 4.29. The Balaban J connectivity index is 1.91. The van der Waals surface area contributed by atoms with Gasteiger partial charge in [0.15, 0.2) is 11.3 Å². The Bertz CT molecular complexity index is 789. The van der Waals surface area contributed by atoms with Crippen molar-refractivity contribution in [2.75, 3.05) is 24.4 Å². The monoisotopic (exact) mass is 317 g/mol. The summed E-state index contributed by atoms with van der Waals surface area (Å²) < 4.78 is 18.1. The fraction of sp³-hybridized carbons (Fsp3) is 0.286. The fourth-order valence-electron chi connectivity index (χ4n) is 2.08. The van der Waals surface area contributed by atoms with Gasteiger partial charge in [0.2, 0.25) is 11.6 Å². The van der Waals surface area contributed by atoms with E-state index in [1.807, 2.05) is 6.92 Å². The highest BCUT2D eigenvalue weighted by atomic mass is 19.1. The zero-order valence-corrected chi connectivity index (χ0v) is 12.7. The molecule has 8 nitrogen and oxygen atoms in total. The summed E-state index contributed by atoms with van der Waals surface area (Å²) in [4.78, 5) is 8.70. The second-order valence-electron chi connectivity index (χ2n) is 5.02. The predicted molar refractivity (Wildman–Crippen MR) is 84.1 cm³/mol. The van der Waals surface area contributed by atoms with Crippen LogP contribution in [0.4, 0.5) is 21.8 Å². The number of ether oxygens (including phenoxy) is 1. The number of halogens is 1. The van der Waals surface area contributed by atoms with Gasteiger partial charge in [-0.1, -0.05) is 0 Å². The summed E-state index contributed by atoms with van der Waals surface area (Å²) in [6.45, 7) is 2.47. The van der Waals surface area contributed by atoms with Gasteiger partial charge < -0.3 is 15.4 Å². The second kappa shape index (κ2) is 6.53. The van der Waals surface area contributed by atoms with Crippen LogP contribution in [-0.2, 0) is 4.74 Å². The molecule has 1 aromatic carbocycles. The summed E-state index contributed by atoms with van der Waals surface area (Å²) in [7, 11) is 1.63. The average Bonchev–Trinajstić information content (AvgIpc) is 2.98. The van der Waals surface area contributed by atoms with Crippen molar-refractivity contribution in [3.63, 3.8) is 0 Å². The van der Waals surface area contributed by atoms with Crippen LogP contribution in [-0.4, -0.2) is 45.1 Å². The van der Waals surface area contributed by atoms with Crippen LogP contribution >= 0.6 is 0 Å². The molecule has 0 radical (unpaired) electrons. The highest BCUT2D eigenvalue weighted by Gasteiger charge is 2.13. The van der Waals surface area contributed by atoms with Gasteiger partial charge in [-0.3, -0.25) is 0 Å². The summed E-state index contributed by atoms with van der Waals surface area (Å²) >= 11 is 0. The van der Waals surface area contributed by atoms with Crippen LogP contribution in [0.1, 0.15) is 6.92 Å². The smallest absolute Gasteiger partial charge is 0.227 e. The van der Waals surface area contributed by atoms with Crippen molar-refractivity contribution >= 4 is 28.6 Å². The number of rotatable bonds is 6. The van der Waals surface area contributed by atoms with Crippen molar-refractivity contribution in [1.29, 1.82) is 0 Å². The number of aromatic amines is 1. The number of hydrogen-bond donors (Lipinski definition) is 3. The third kappa shape index (κ3) is 3.51. The van der Waals surface area contributed by atoms with Gasteiger partial charge in [0.05, 0.1) is 6.61 Å². The third-order valence-corrected chi connectivity index (χ3v) is 3.08. The molecule has 0 amide bonds. The topological polar surface area (TPSA) is 101 Å². The maximum absolute atomic E-state index is 13.0. The highest BCUT2D eigenvalue weighted by molar-refractivity contribution is 5.85. The first kappa shape index (κ1) is 15.1. The van der Waals surface area contributed by atoms with E-state index in [0.717, 1.165) is 0 Å². The molecule has 0 aliphatic heterocycles. The second-order valence-corrected chi connectivity index (χ2v) is 5.02. The van der Waals surface area contributed by atoms with Crippen molar-refractivity contribution in [3.05, 3.63) is 30.1 Å². The van der Waals surface area contributed by atoms with Gasteiger partial charge in [0, 0.05) is 18.8 Å². The van der Waals surface area contributed by atoms with E-state index < -0.39 is 0 Å². The summed E-state index contributed by atoms with van der Waals surface area (Å²) in [5.41, 5.74) is 1.61. The molecule has 3 rings (SSSR count). The summed E-state index contributed by atoms with van der Waals surface area (Å²) in [5, 5.41) is 16.8. The predicted octanol–water partition coefficient (Wildman–Crippen LogP) is 2.08. The van der Waals surface area contributed by atoms with E-state index in [-0.39, 0.29) is 11.9 Å². The molecule has 2 heterocycles. The van der Waals surface area contributed by atoms with Crippen LogP contribution in [0.15, 0.2) is 24.3 Å². The molecule has 23 heavy (non-hydrogen) atoms. The zero-order valence-electron chi connectivity index (χ0n) is 12.7. The molecule has 0 aliphatic carbocycles. The van der Waals surface area contributed by atoms with E-state index >= 15 is 0 Å². The van der Waals surface area contributed by atoms with Gasteiger partial charge >= 0.3 is 0 Å². The van der Waals surface area contributed by atoms with E-state index in [0.29, 0.717) is 35.2 Å².